The Morgan fingerprint density at radius 2 is 2.07 bits per heavy atom. The Balaban J connectivity index is 1.17. The van der Waals surface area contributed by atoms with Gasteiger partial charge in [-0.05, 0) is 68.2 Å². The number of fused-ring (bicyclic) bond motifs is 7. The first-order chi connectivity index (χ1) is 14.8. The molecule has 3 unspecified atom stereocenters. The van der Waals surface area contributed by atoms with Crippen molar-refractivity contribution >= 4 is 6.03 Å². The maximum absolute atomic E-state index is 13.2. The maximum Gasteiger partial charge on any atom is 0.318 e. The number of nitrogens with zero attached hydrogens (tertiary/aromatic N) is 2. The summed E-state index contributed by atoms with van der Waals surface area (Å²) >= 11 is 0. The van der Waals surface area contributed by atoms with Crippen LogP contribution in [0.1, 0.15) is 44.1 Å². The fourth-order valence-electron chi connectivity index (χ4n) is 6.53. The van der Waals surface area contributed by atoms with Crippen LogP contribution in [0.25, 0.3) is 0 Å². The van der Waals surface area contributed by atoms with E-state index in [1.165, 1.54) is 37.8 Å². The fraction of sp³-hybridized carbons (Fsp3) is 0.625. The molecule has 1 aliphatic carbocycles. The summed E-state index contributed by atoms with van der Waals surface area (Å²) < 4.78 is 10.8. The fourth-order valence-corrected chi connectivity index (χ4v) is 6.53. The van der Waals surface area contributed by atoms with Gasteiger partial charge in [0.1, 0.15) is 0 Å². The summed E-state index contributed by atoms with van der Waals surface area (Å²) in [5.74, 6) is 2.83. The number of piperidine rings is 3. The molecule has 160 valence electrons. The number of urea groups is 1. The summed E-state index contributed by atoms with van der Waals surface area (Å²) in [5.41, 5.74) is 2.57. The second kappa shape index (κ2) is 7.49. The van der Waals surface area contributed by atoms with E-state index in [1.54, 1.807) is 0 Å². The Bertz CT molecular complexity index is 869. The third-order valence-corrected chi connectivity index (χ3v) is 7.80. The molecule has 4 heterocycles. The minimum atomic E-state index is 0.0717. The molecule has 6 heteroatoms. The number of hydrogen-bond acceptors (Lipinski definition) is 4. The van der Waals surface area contributed by atoms with Crippen molar-refractivity contribution in [2.45, 2.75) is 57.2 Å². The zero-order valence-corrected chi connectivity index (χ0v) is 17.5. The summed E-state index contributed by atoms with van der Waals surface area (Å²) in [7, 11) is 0. The Morgan fingerprint density at radius 1 is 1.13 bits per heavy atom. The highest BCUT2D eigenvalue weighted by Gasteiger charge is 2.46. The molecular formula is C24H31N3O3. The van der Waals surface area contributed by atoms with Gasteiger partial charge in [-0.25, -0.2) is 4.79 Å². The van der Waals surface area contributed by atoms with E-state index in [2.05, 4.69) is 21.2 Å². The predicted molar refractivity (Wildman–Crippen MR) is 113 cm³/mol. The van der Waals surface area contributed by atoms with E-state index in [9.17, 15) is 4.79 Å². The number of hydrogen-bond donors (Lipinski definition) is 1. The third-order valence-electron chi connectivity index (χ3n) is 7.80. The Labute approximate surface area is 178 Å². The first-order valence-electron chi connectivity index (χ1n) is 11.6. The third kappa shape index (κ3) is 3.16. The van der Waals surface area contributed by atoms with Crippen molar-refractivity contribution in [3.8, 4) is 11.5 Å². The van der Waals surface area contributed by atoms with Gasteiger partial charge in [-0.2, -0.15) is 0 Å². The molecule has 1 aromatic rings. The van der Waals surface area contributed by atoms with Crippen LogP contribution in [0.4, 0.5) is 4.79 Å². The van der Waals surface area contributed by atoms with Gasteiger partial charge in [0.15, 0.2) is 11.5 Å². The van der Waals surface area contributed by atoms with Gasteiger partial charge in [0.25, 0.3) is 0 Å². The number of benzene rings is 1. The van der Waals surface area contributed by atoms with Crippen LogP contribution < -0.4 is 14.8 Å². The summed E-state index contributed by atoms with van der Waals surface area (Å²) in [6, 6.07) is 6.99. The van der Waals surface area contributed by atoms with Gasteiger partial charge >= 0.3 is 6.03 Å². The average Bonchev–Trinajstić information content (AvgIpc) is 3.25. The number of likely N-dealkylation sites (tertiary alicyclic amines) is 1. The number of amides is 2. The van der Waals surface area contributed by atoms with E-state index in [1.807, 2.05) is 18.2 Å². The van der Waals surface area contributed by atoms with Gasteiger partial charge in [0, 0.05) is 25.7 Å². The molecule has 4 atom stereocenters. The minimum absolute atomic E-state index is 0.0717. The lowest BCUT2D eigenvalue weighted by Gasteiger charge is -2.54. The second-order valence-electron chi connectivity index (χ2n) is 9.55. The van der Waals surface area contributed by atoms with E-state index in [-0.39, 0.29) is 18.9 Å². The van der Waals surface area contributed by atoms with Crippen LogP contribution in [0.5, 0.6) is 11.5 Å². The first kappa shape index (κ1) is 18.6. The van der Waals surface area contributed by atoms with Crippen molar-refractivity contribution in [1.29, 1.82) is 0 Å². The zero-order chi connectivity index (χ0) is 20.1. The summed E-state index contributed by atoms with van der Waals surface area (Å²) in [4.78, 5) is 18.1. The largest absolute Gasteiger partial charge is 0.454 e. The lowest BCUT2D eigenvalue weighted by molar-refractivity contribution is 0.00788. The number of ether oxygens (including phenoxy) is 2. The van der Waals surface area contributed by atoms with Gasteiger partial charge in [0.2, 0.25) is 6.79 Å². The SMILES string of the molecule is O=C(NCc1ccc2c(c1)OCO2)N1CCCC2=CC3C[C@@H](CN4CCCCC34)C21. The van der Waals surface area contributed by atoms with Gasteiger partial charge in [0.05, 0.1) is 6.04 Å². The molecule has 0 spiro atoms. The van der Waals surface area contributed by atoms with Crippen molar-refractivity contribution in [3.05, 3.63) is 35.4 Å². The van der Waals surface area contributed by atoms with E-state index in [0.717, 1.165) is 49.0 Å². The number of carbonyl (C=O) groups is 1. The zero-order valence-electron chi connectivity index (χ0n) is 17.5. The summed E-state index contributed by atoms with van der Waals surface area (Å²) in [5, 5.41) is 3.17. The van der Waals surface area contributed by atoms with Crippen LogP contribution in [0.2, 0.25) is 0 Å². The molecule has 1 aromatic carbocycles. The Hall–Kier alpha value is -2.21. The van der Waals surface area contributed by atoms with Crippen molar-refractivity contribution in [1.82, 2.24) is 15.1 Å². The molecule has 2 amide bonds. The molecule has 4 aliphatic heterocycles. The molecule has 0 radical (unpaired) electrons. The van der Waals surface area contributed by atoms with Gasteiger partial charge in [-0.3, -0.25) is 4.90 Å². The van der Waals surface area contributed by atoms with Crippen molar-refractivity contribution < 1.29 is 14.3 Å². The van der Waals surface area contributed by atoms with Crippen LogP contribution in [0, 0.1) is 11.8 Å². The lowest BCUT2D eigenvalue weighted by Crippen LogP contribution is -2.61. The number of rotatable bonds is 2. The highest BCUT2D eigenvalue weighted by atomic mass is 16.7. The van der Waals surface area contributed by atoms with E-state index < -0.39 is 0 Å². The predicted octanol–water partition coefficient (Wildman–Crippen LogP) is 3.52. The topological polar surface area (TPSA) is 54.0 Å². The minimum Gasteiger partial charge on any atom is -0.454 e. The molecule has 0 aromatic heterocycles. The number of nitrogens with one attached hydrogen (secondary N) is 1. The van der Waals surface area contributed by atoms with Crippen molar-refractivity contribution in [2.24, 2.45) is 11.8 Å². The van der Waals surface area contributed by atoms with E-state index in [0.29, 0.717) is 18.4 Å². The molecule has 30 heavy (non-hydrogen) atoms. The van der Waals surface area contributed by atoms with Gasteiger partial charge in [-0.1, -0.05) is 24.1 Å². The summed E-state index contributed by atoms with van der Waals surface area (Å²) in [6.45, 7) is 4.05. The van der Waals surface area contributed by atoms with Crippen molar-refractivity contribution in [2.75, 3.05) is 26.4 Å². The van der Waals surface area contributed by atoms with Crippen LogP contribution in [0.15, 0.2) is 29.8 Å². The number of carbonyl (C=O) groups excluding carboxylic acids is 1. The molecular weight excluding hydrogens is 378 g/mol. The molecule has 2 bridgehead atoms. The average molecular weight is 410 g/mol. The Morgan fingerprint density at radius 3 is 3.03 bits per heavy atom. The monoisotopic (exact) mass is 409 g/mol. The van der Waals surface area contributed by atoms with Gasteiger partial charge in [-0.15, -0.1) is 0 Å². The molecule has 6 rings (SSSR count). The second-order valence-corrected chi connectivity index (χ2v) is 9.55. The smallest absolute Gasteiger partial charge is 0.318 e. The first-order valence-corrected chi connectivity index (χ1v) is 11.6. The quantitative estimate of drug-likeness (QED) is 0.760. The highest BCUT2D eigenvalue weighted by molar-refractivity contribution is 5.75. The van der Waals surface area contributed by atoms with Gasteiger partial charge < -0.3 is 19.7 Å². The van der Waals surface area contributed by atoms with Crippen molar-refractivity contribution in [3.63, 3.8) is 0 Å². The molecule has 3 saturated heterocycles. The molecule has 3 fully saturated rings. The molecule has 1 N–H and O–H groups in total. The highest BCUT2D eigenvalue weighted by Crippen LogP contribution is 2.45. The van der Waals surface area contributed by atoms with E-state index >= 15 is 0 Å². The van der Waals surface area contributed by atoms with Crippen LogP contribution in [-0.2, 0) is 6.54 Å². The maximum atomic E-state index is 13.2. The van der Waals surface area contributed by atoms with Crippen LogP contribution in [-0.4, -0.2) is 54.3 Å². The normalized spacial score (nSPS) is 32.1. The van der Waals surface area contributed by atoms with Crippen LogP contribution in [0.3, 0.4) is 0 Å². The molecule has 5 aliphatic rings. The Kier molecular flexibility index (Phi) is 4.63. The molecule has 6 nitrogen and oxygen atoms in total. The standard InChI is InChI=1S/C24H31N3O3/c28-24(25-13-16-6-7-21-22(10-16)30-15-29-21)27-9-3-4-17-11-18-12-19(23(17)27)14-26-8-2-1-5-20(18)26/h6-7,10-11,18-20,23H,1-5,8-9,12-15H2,(H,25,28)/t18?,19-,20?,23?/m0/s1. The van der Waals surface area contributed by atoms with E-state index in [4.69, 9.17) is 9.47 Å². The van der Waals surface area contributed by atoms with Crippen LogP contribution >= 0.6 is 0 Å². The molecule has 0 saturated carbocycles. The lowest BCUT2D eigenvalue weighted by atomic mass is 9.68. The summed E-state index contributed by atoms with van der Waals surface area (Å²) in [6.07, 6.45) is 10.1.